The average Bonchev–Trinajstić information content (AvgIpc) is 2.10. The fourth-order valence-electron chi connectivity index (χ4n) is 1.01. The van der Waals surface area contributed by atoms with Crippen molar-refractivity contribution in [3.8, 4) is 0 Å². The molecule has 10 heavy (non-hydrogen) atoms. The Hall–Kier alpha value is -0.160. The summed E-state index contributed by atoms with van der Waals surface area (Å²) in [5.74, 6) is 0. The molecule has 0 unspecified atom stereocenters. The highest BCUT2D eigenvalue weighted by molar-refractivity contribution is 4.92. The van der Waals surface area contributed by atoms with Crippen molar-refractivity contribution in [2.75, 3.05) is 13.2 Å². The van der Waals surface area contributed by atoms with E-state index in [0.717, 1.165) is 0 Å². The van der Waals surface area contributed by atoms with Gasteiger partial charge in [0.1, 0.15) is 17.8 Å². The first-order valence-electron chi connectivity index (χ1n) is 3.21. The Balaban J connectivity index is 2.58. The molecule has 0 aromatic carbocycles. The first-order chi connectivity index (χ1) is 4.58. The molecule has 4 heteroatoms. The molecule has 0 spiro atoms. The van der Waals surface area contributed by atoms with Crippen LogP contribution in [0.1, 0.15) is 6.92 Å². The van der Waals surface area contributed by atoms with Crippen LogP contribution < -0.4 is 0 Å². The lowest BCUT2D eigenvalue weighted by molar-refractivity contribution is -0.0434. The summed E-state index contributed by atoms with van der Waals surface area (Å²) in [6.07, 6.45) is -1.60. The summed E-state index contributed by atoms with van der Waals surface area (Å²) in [5.41, 5.74) is -1.20. The van der Waals surface area contributed by atoms with Gasteiger partial charge in [0.05, 0.1) is 13.2 Å². The molecule has 0 saturated carbocycles. The van der Waals surface area contributed by atoms with Crippen LogP contribution in [0.3, 0.4) is 0 Å². The zero-order chi connectivity index (χ0) is 7.78. The van der Waals surface area contributed by atoms with Crippen molar-refractivity contribution in [1.82, 2.24) is 0 Å². The molecule has 0 amide bonds. The number of hydrogen-bond donors (Lipinski definition) is 3. The lowest BCUT2D eigenvalue weighted by atomic mass is 10.00. The normalized spacial score (nSPS) is 48.0. The van der Waals surface area contributed by atoms with Gasteiger partial charge in [0.2, 0.25) is 0 Å². The van der Waals surface area contributed by atoms with E-state index in [1.54, 1.807) is 0 Å². The quantitative estimate of drug-likeness (QED) is 0.423. The van der Waals surface area contributed by atoms with Crippen LogP contribution in [0.15, 0.2) is 0 Å². The van der Waals surface area contributed by atoms with E-state index in [4.69, 9.17) is 9.84 Å². The molecule has 60 valence electrons. The van der Waals surface area contributed by atoms with Gasteiger partial charge >= 0.3 is 0 Å². The minimum atomic E-state index is -1.20. The van der Waals surface area contributed by atoms with Crippen molar-refractivity contribution < 1.29 is 20.1 Å². The molecule has 1 fully saturated rings. The molecule has 1 saturated heterocycles. The zero-order valence-electron chi connectivity index (χ0n) is 5.82. The van der Waals surface area contributed by atoms with Crippen LogP contribution >= 0.6 is 0 Å². The minimum Gasteiger partial charge on any atom is -0.394 e. The van der Waals surface area contributed by atoms with Gasteiger partial charge in [-0.2, -0.15) is 0 Å². The molecule has 0 aromatic rings. The molecule has 3 atom stereocenters. The Bertz CT molecular complexity index is 123. The van der Waals surface area contributed by atoms with Gasteiger partial charge in [-0.3, -0.25) is 0 Å². The summed E-state index contributed by atoms with van der Waals surface area (Å²) in [5, 5.41) is 27.0. The SMILES string of the molecule is C[C@@]1(O)CO[C@H](CO)[C@H]1O. The second-order valence-corrected chi connectivity index (χ2v) is 2.83. The van der Waals surface area contributed by atoms with Crippen molar-refractivity contribution in [3.63, 3.8) is 0 Å². The first kappa shape index (κ1) is 7.94. The maximum atomic E-state index is 9.28. The molecule has 1 aliphatic rings. The van der Waals surface area contributed by atoms with Crippen LogP contribution in [0, 0.1) is 0 Å². The Morgan fingerprint density at radius 2 is 2.30 bits per heavy atom. The van der Waals surface area contributed by atoms with E-state index in [1.807, 2.05) is 0 Å². The molecule has 1 heterocycles. The number of hydrogen-bond acceptors (Lipinski definition) is 4. The minimum absolute atomic E-state index is 0.0827. The van der Waals surface area contributed by atoms with Crippen LogP contribution in [-0.2, 0) is 4.74 Å². The lowest BCUT2D eigenvalue weighted by Gasteiger charge is -2.19. The topological polar surface area (TPSA) is 69.9 Å². The van der Waals surface area contributed by atoms with Crippen LogP contribution in [0.4, 0.5) is 0 Å². The van der Waals surface area contributed by atoms with Gasteiger partial charge in [-0.05, 0) is 6.92 Å². The highest BCUT2D eigenvalue weighted by Crippen LogP contribution is 2.23. The van der Waals surface area contributed by atoms with Gasteiger partial charge < -0.3 is 20.1 Å². The Morgan fingerprint density at radius 1 is 1.70 bits per heavy atom. The Labute approximate surface area is 59.1 Å². The Kier molecular flexibility index (Phi) is 1.96. The van der Waals surface area contributed by atoms with Crippen LogP contribution in [0.5, 0.6) is 0 Å². The van der Waals surface area contributed by atoms with Gasteiger partial charge in [0, 0.05) is 0 Å². The second kappa shape index (κ2) is 2.47. The summed E-state index contributed by atoms with van der Waals surface area (Å²) in [6, 6.07) is 0. The monoisotopic (exact) mass is 148 g/mol. The molecule has 4 nitrogen and oxygen atoms in total. The van der Waals surface area contributed by atoms with Gasteiger partial charge in [0.25, 0.3) is 0 Å². The molecule has 1 rings (SSSR count). The van der Waals surface area contributed by atoms with Crippen molar-refractivity contribution in [2.45, 2.75) is 24.7 Å². The number of aliphatic hydroxyl groups excluding tert-OH is 2. The summed E-state index contributed by atoms with van der Waals surface area (Å²) in [4.78, 5) is 0. The van der Waals surface area contributed by atoms with Crippen molar-refractivity contribution in [1.29, 1.82) is 0 Å². The number of ether oxygens (including phenoxy) is 1. The molecule has 1 aliphatic heterocycles. The number of aliphatic hydroxyl groups is 3. The number of rotatable bonds is 1. The molecule has 0 aromatic heterocycles. The standard InChI is InChI=1S/C6H12O4/c1-6(9)3-10-4(2-7)5(6)8/h4-5,7-9H,2-3H2,1H3/t4-,5-,6-/m1/s1. The third kappa shape index (κ3) is 1.15. The third-order valence-electron chi connectivity index (χ3n) is 1.76. The summed E-state index contributed by atoms with van der Waals surface area (Å²) in [6.45, 7) is 1.31. The highest BCUT2D eigenvalue weighted by Gasteiger charge is 2.43. The average molecular weight is 148 g/mol. The fourth-order valence-corrected chi connectivity index (χ4v) is 1.01. The van der Waals surface area contributed by atoms with Crippen molar-refractivity contribution >= 4 is 0 Å². The van der Waals surface area contributed by atoms with Gasteiger partial charge in [-0.25, -0.2) is 0 Å². The first-order valence-corrected chi connectivity index (χ1v) is 3.21. The predicted octanol–water partition coefficient (Wildman–Crippen LogP) is -1.51. The molecule has 0 radical (unpaired) electrons. The lowest BCUT2D eigenvalue weighted by Crippen LogP contribution is -2.41. The van der Waals surface area contributed by atoms with Crippen molar-refractivity contribution in [3.05, 3.63) is 0 Å². The van der Waals surface area contributed by atoms with E-state index in [2.05, 4.69) is 0 Å². The van der Waals surface area contributed by atoms with E-state index in [9.17, 15) is 10.2 Å². The molecule has 0 bridgehead atoms. The van der Waals surface area contributed by atoms with E-state index >= 15 is 0 Å². The summed E-state index contributed by atoms with van der Waals surface area (Å²) in [7, 11) is 0. The van der Waals surface area contributed by atoms with Crippen LogP contribution in [-0.4, -0.2) is 46.3 Å². The maximum absolute atomic E-state index is 9.28. The van der Waals surface area contributed by atoms with Gasteiger partial charge in [-0.1, -0.05) is 0 Å². The van der Waals surface area contributed by atoms with E-state index in [1.165, 1.54) is 6.92 Å². The molecular formula is C6H12O4. The summed E-state index contributed by atoms with van der Waals surface area (Å²) >= 11 is 0. The predicted molar refractivity (Wildman–Crippen MR) is 33.5 cm³/mol. The van der Waals surface area contributed by atoms with E-state index < -0.39 is 17.8 Å². The fraction of sp³-hybridized carbons (Fsp3) is 1.00. The van der Waals surface area contributed by atoms with Crippen LogP contribution in [0.25, 0.3) is 0 Å². The zero-order valence-corrected chi connectivity index (χ0v) is 5.82. The van der Waals surface area contributed by atoms with Gasteiger partial charge in [-0.15, -0.1) is 0 Å². The van der Waals surface area contributed by atoms with E-state index in [0.29, 0.717) is 0 Å². The Morgan fingerprint density at radius 3 is 2.50 bits per heavy atom. The second-order valence-electron chi connectivity index (χ2n) is 2.83. The van der Waals surface area contributed by atoms with Crippen molar-refractivity contribution in [2.24, 2.45) is 0 Å². The maximum Gasteiger partial charge on any atom is 0.114 e. The molecular weight excluding hydrogens is 136 g/mol. The highest BCUT2D eigenvalue weighted by atomic mass is 16.5. The van der Waals surface area contributed by atoms with E-state index in [-0.39, 0.29) is 13.2 Å². The smallest absolute Gasteiger partial charge is 0.114 e. The van der Waals surface area contributed by atoms with Gasteiger partial charge in [0.15, 0.2) is 0 Å². The largest absolute Gasteiger partial charge is 0.394 e. The molecule has 0 aliphatic carbocycles. The third-order valence-corrected chi connectivity index (χ3v) is 1.76. The summed E-state index contributed by atoms with van der Waals surface area (Å²) < 4.78 is 4.88. The van der Waals surface area contributed by atoms with Crippen LogP contribution in [0.2, 0.25) is 0 Å². The molecule has 3 N–H and O–H groups in total.